The highest BCUT2D eigenvalue weighted by atomic mass is 32.1. The van der Waals surface area contributed by atoms with E-state index >= 15 is 0 Å². The summed E-state index contributed by atoms with van der Waals surface area (Å²) in [5.74, 6) is -10.2. The van der Waals surface area contributed by atoms with Crippen molar-refractivity contribution >= 4 is 145 Å². The summed E-state index contributed by atoms with van der Waals surface area (Å²) in [5.41, 5.74) is -0.508. The van der Waals surface area contributed by atoms with Gasteiger partial charge in [-0.1, -0.05) is 159 Å². The molecule has 778 valence electrons. The van der Waals surface area contributed by atoms with Crippen molar-refractivity contribution in [2.45, 2.75) is 284 Å². The fourth-order valence-electron chi connectivity index (χ4n) is 13.6. The third-order valence-corrected chi connectivity index (χ3v) is 22.3. The van der Waals surface area contributed by atoms with Gasteiger partial charge in [-0.3, -0.25) is 57.5 Å². The number of thiol groups is 4. The van der Waals surface area contributed by atoms with Gasteiger partial charge in [0.05, 0.1) is 74.6 Å². The Kier molecular flexibility index (Phi) is 57.1. The van der Waals surface area contributed by atoms with Crippen molar-refractivity contribution in [3.8, 4) is 0 Å². The number of halogens is 3. The van der Waals surface area contributed by atoms with E-state index in [2.05, 4.69) is 134 Å². The average molecular weight is 2060 g/mol. The molecule has 0 saturated carbocycles. The summed E-state index contributed by atoms with van der Waals surface area (Å²) in [7, 11) is 0. The van der Waals surface area contributed by atoms with E-state index in [0.29, 0.717) is 106 Å². The van der Waals surface area contributed by atoms with Gasteiger partial charge in [-0.05, 0) is 169 Å². The van der Waals surface area contributed by atoms with Crippen LogP contribution in [-0.4, -0.2) is 186 Å². The average Bonchev–Trinajstić information content (AvgIpc) is 0.844. The third kappa shape index (κ3) is 45.2. The van der Waals surface area contributed by atoms with Gasteiger partial charge in [0.25, 0.3) is 47.3 Å². The maximum absolute atomic E-state index is 14.3. The molecule has 0 spiro atoms. The minimum Gasteiger partial charge on any atom is -0.456 e. The van der Waals surface area contributed by atoms with Gasteiger partial charge >= 0.3 is 23.9 Å². The number of pyridine rings is 4. The molecule has 8 rings (SSSR count). The molecule has 4 aromatic rings. The molecule has 8 heterocycles. The number of amides is 12. The molecule has 43 heteroatoms. The smallest absolute Gasteiger partial charge is 0.329 e. The van der Waals surface area contributed by atoms with E-state index in [1.807, 2.05) is 27.7 Å². The third-order valence-electron chi connectivity index (χ3n) is 21.3. The Bertz CT molecular complexity index is 5270. The molecule has 8 atom stereocenters. The number of hydrogen-bond donors (Lipinski definition) is 16. The lowest BCUT2D eigenvalue weighted by Crippen LogP contribution is -2.46. The molecule has 0 fully saturated rings. The number of nitrogens with zero attached hydrogens (tertiary/aromatic N) is 4. The number of rotatable bonds is 28. The zero-order valence-electron chi connectivity index (χ0n) is 81.7. The van der Waals surface area contributed by atoms with Gasteiger partial charge in [0.2, 0.25) is 23.6 Å². The van der Waals surface area contributed by atoms with Crippen molar-refractivity contribution < 1.29 is 109 Å². The Hall–Kier alpha value is -12.8. The molecule has 4 aliphatic rings. The molecule has 12 amide bonds. The number of nitrogens with one attached hydrogen (secondary N) is 12. The number of unbranched alkanes of at least 4 members (excludes halogenated alkanes) is 8. The van der Waals surface area contributed by atoms with E-state index in [0.717, 1.165) is 75.6 Å². The highest BCUT2D eigenvalue weighted by Crippen LogP contribution is 2.21. The van der Waals surface area contributed by atoms with Gasteiger partial charge < -0.3 is 82.7 Å². The summed E-state index contributed by atoms with van der Waals surface area (Å²) < 4.78 is 65.2. The van der Waals surface area contributed by atoms with Gasteiger partial charge in [-0.2, -0.15) is 50.5 Å². The Morgan fingerprint density at radius 1 is 0.336 bits per heavy atom. The van der Waals surface area contributed by atoms with Crippen molar-refractivity contribution in [1.82, 2.24) is 83.7 Å². The van der Waals surface area contributed by atoms with Crippen LogP contribution in [0.4, 0.5) is 13.2 Å². The van der Waals surface area contributed by atoms with Crippen LogP contribution in [0.25, 0.3) is 0 Å². The monoisotopic (exact) mass is 2060 g/mol. The lowest BCUT2D eigenvalue weighted by Gasteiger charge is -2.22. The number of esters is 4. The minimum absolute atomic E-state index is 0.00103. The molecule has 8 bridgehead atoms. The van der Waals surface area contributed by atoms with Crippen LogP contribution >= 0.6 is 50.5 Å². The number of aromatic nitrogens is 4. The standard InChI is InChI=1S/3C25H33FN4O5S.C25H34N4O5S/c1-3-5-6-10-20-25(34)35-17(9-7-8-13-36)14-21(31)27-15-16-11-12-18(26)22(28-16)24(33)29-19(4-2)23(32)30-20;1-3-5-6-10-20-25(34)35-16(9-7-8-13-36)14-22(31)27-15-21-17(26)11-12-19(28-21)24(33)29-18(4-2)23(32)30-20;1-3-5-6-10-20-25(34)35-18(9-7-8-11-36)14-22(31)27-15-17-12-16(26)13-21(28-17)24(33)29-19(4-2)23(32)30-20;1-3-5-6-12-21-25(33)34-18(11-7-8-14-35)15-22(30)26-16-17-10-9-13-20(27-17)24(32)28-19(4-2)23(31)29-21/h4,7,9,11-12,17,20,36H,3,5-6,8,10,13-15H2,1-2H3,(H,27,31)(H,29,33)(H,30,32);4,7,9,11-12,16,20,36H,3,5-6,8,10,13-15H2,1-2H3,(H,27,31)(H,29,33)(H,30,32);4,7,9,12-13,18,20,36H,3,5-6,8,10-11,14-15H2,1-2H3,(H,27,31)(H,29,33)(H,30,32);4,7,9-11,13,18,21,35H,3,5-6,8,12,14-16H2,1-2H3,(H,26,30)(H,28,32)(H,29,31)/b9-7+,19-4-;9-7+,18-4-;9-7+,19-4-;11-7+,19-4-/t17-,20+;16-,20+;18-,20+;18-,21+/m1111/s1. The van der Waals surface area contributed by atoms with Crippen LogP contribution in [0.2, 0.25) is 0 Å². The Morgan fingerprint density at radius 2 is 0.643 bits per heavy atom. The zero-order chi connectivity index (χ0) is 105. The summed E-state index contributed by atoms with van der Waals surface area (Å²) in [6, 6.07) is 7.59. The Morgan fingerprint density at radius 3 is 0.986 bits per heavy atom. The normalized spacial score (nSPS) is 21.2. The molecule has 0 aliphatic carbocycles. The SMILES string of the molecule is C/C=C1\NC(=O)c2cc(F)cc(n2)CNC(=O)C[C@@H](/C=C/CCS)OC(=O)[C@H](CCCCC)NC1=O.C/C=C1\NC(=O)c2ccc(F)c(n2)CNC(=O)C[C@@H](/C=C/CCS)OC(=O)[C@H](CCCCC)NC1=O.C/C=C1\NC(=O)c2cccc(n2)CNC(=O)C[C@@H](/C=C/CCS)OC(=O)[C@H](CCCCC)NC1=O.C/C=C1\NC(=O)c2nc(ccc2F)CNC(=O)C[C@@H](/C=C/CCS)OC(=O)[C@H](CCCCC)NC1=O. The lowest BCUT2D eigenvalue weighted by atomic mass is 10.1. The second kappa shape index (κ2) is 67.7. The molecule has 0 aromatic carbocycles. The summed E-state index contributed by atoms with van der Waals surface area (Å²) in [6.07, 6.45) is 28.5. The largest absolute Gasteiger partial charge is 0.456 e. The number of cyclic esters (lactones) is 4. The molecule has 0 unspecified atom stereocenters. The minimum atomic E-state index is -1.01. The van der Waals surface area contributed by atoms with Gasteiger partial charge in [-0.25, -0.2) is 52.3 Å². The van der Waals surface area contributed by atoms with Crippen LogP contribution in [0.1, 0.15) is 274 Å². The summed E-state index contributed by atoms with van der Waals surface area (Å²) in [4.78, 5) is 221. The Balaban J connectivity index is 0.000000336. The predicted octanol–water partition coefficient (Wildman–Crippen LogP) is 10.8. The van der Waals surface area contributed by atoms with E-state index in [4.69, 9.17) is 18.9 Å². The van der Waals surface area contributed by atoms with Crippen molar-refractivity contribution in [2.75, 3.05) is 23.0 Å². The van der Waals surface area contributed by atoms with Gasteiger partial charge in [0.15, 0.2) is 11.5 Å². The van der Waals surface area contributed by atoms with Crippen molar-refractivity contribution in [3.63, 3.8) is 0 Å². The van der Waals surface area contributed by atoms with E-state index in [-0.39, 0.29) is 115 Å². The summed E-state index contributed by atoms with van der Waals surface area (Å²) >= 11 is 16.6. The first-order valence-electron chi connectivity index (χ1n) is 47.8. The fraction of sp³-hybridized carbons (Fsp3) is 0.480. The Labute approximate surface area is 853 Å². The van der Waals surface area contributed by atoms with Gasteiger partial charge in [0, 0.05) is 6.07 Å². The van der Waals surface area contributed by atoms with Crippen LogP contribution in [0.5, 0.6) is 0 Å². The molecule has 0 saturated heterocycles. The number of carbonyl (C=O) groups is 16. The number of allylic oxidation sites excluding steroid dienone is 8. The maximum Gasteiger partial charge on any atom is 0.329 e. The van der Waals surface area contributed by atoms with Crippen LogP contribution in [0.3, 0.4) is 0 Å². The highest BCUT2D eigenvalue weighted by molar-refractivity contribution is 7.80. The van der Waals surface area contributed by atoms with E-state index in [9.17, 15) is 89.9 Å². The molecule has 143 heavy (non-hydrogen) atoms. The molecule has 0 radical (unpaired) electrons. The highest BCUT2D eigenvalue weighted by Gasteiger charge is 2.35. The van der Waals surface area contributed by atoms with Crippen molar-refractivity contribution in [3.05, 3.63) is 213 Å². The molecular weight excluding hydrogens is 1930 g/mol. The quantitative estimate of drug-likeness (QED) is 0.00627. The van der Waals surface area contributed by atoms with Crippen LogP contribution in [0, 0.1) is 17.5 Å². The zero-order valence-corrected chi connectivity index (χ0v) is 85.3. The van der Waals surface area contributed by atoms with E-state index in [1.54, 1.807) is 81.5 Å². The van der Waals surface area contributed by atoms with Crippen molar-refractivity contribution in [1.29, 1.82) is 0 Å². The topological polar surface area (TPSA) is 506 Å². The molecule has 12 N–H and O–H groups in total. The number of fused-ring (bicyclic) bond motifs is 8. The van der Waals surface area contributed by atoms with Crippen molar-refractivity contribution in [2.24, 2.45) is 0 Å². The predicted molar refractivity (Wildman–Crippen MR) is 542 cm³/mol. The molecule has 4 aromatic heterocycles. The molecule has 36 nitrogen and oxygen atoms in total. The number of ether oxygens (including phenoxy) is 4. The second-order valence-corrected chi connectivity index (χ2v) is 34.5. The van der Waals surface area contributed by atoms with Crippen LogP contribution < -0.4 is 63.8 Å². The van der Waals surface area contributed by atoms with Crippen LogP contribution in [-0.2, 0) is 103 Å². The first-order valence-corrected chi connectivity index (χ1v) is 50.3. The summed E-state index contributed by atoms with van der Waals surface area (Å²) in [6.45, 7) is 13.9. The molecular formula is C100H133F3N16O20S4. The number of hydrogen-bond acceptors (Lipinski definition) is 28. The first kappa shape index (κ1) is 121. The number of carbonyl (C=O) groups excluding carboxylic acids is 16. The fourth-order valence-corrected chi connectivity index (χ4v) is 14.2. The second-order valence-electron chi connectivity index (χ2n) is 32.7. The first-order chi connectivity index (χ1) is 68.7. The molecule has 4 aliphatic heterocycles. The maximum atomic E-state index is 14.3. The van der Waals surface area contributed by atoms with Gasteiger partial charge in [0.1, 0.15) is 100 Å². The van der Waals surface area contributed by atoms with E-state index < -0.39 is 161 Å². The van der Waals surface area contributed by atoms with Gasteiger partial charge in [-0.15, -0.1) is 0 Å². The summed E-state index contributed by atoms with van der Waals surface area (Å²) in [5, 5.41) is 30.8. The van der Waals surface area contributed by atoms with E-state index in [1.165, 1.54) is 49.4 Å². The lowest BCUT2D eigenvalue weighted by molar-refractivity contribution is -0.152. The van der Waals surface area contributed by atoms with Crippen LogP contribution in [0.15, 0.2) is 150 Å².